The average Bonchev–Trinajstić information content (AvgIpc) is 3.41. The maximum absolute atomic E-state index is 3.71. The van der Waals surface area contributed by atoms with Crippen molar-refractivity contribution in [2.45, 2.75) is 141 Å². The lowest BCUT2D eigenvalue weighted by Crippen LogP contribution is -2.27. The predicted molar refractivity (Wildman–Crippen MR) is 167 cm³/mol. The van der Waals surface area contributed by atoms with Crippen LogP contribution in [0.5, 0.6) is 0 Å². The smallest absolute Gasteiger partial charge is 0.00196 e. The van der Waals surface area contributed by atoms with E-state index < -0.39 is 0 Å². The Bertz CT molecular complexity index is 838. The van der Waals surface area contributed by atoms with E-state index in [0.29, 0.717) is 10.3 Å². The summed E-state index contributed by atoms with van der Waals surface area (Å²) in [4.78, 5) is 0. The molecule has 0 spiro atoms. The van der Waals surface area contributed by atoms with Crippen LogP contribution in [0, 0.1) is 0 Å². The van der Waals surface area contributed by atoms with Crippen molar-refractivity contribution in [3.05, 3.63) is 34.4 Å². The zero-order valence-corrected chi connectivity index (χ0v) is 27.6. The number of hydrogen-bond donors (Lipinski definition) is 2. The highest BCUT2D eigenvalue weighted by Crippen LogP contribution is 2.62. The summed E-state index contributed by atoms with van der Waals surface area (Å²) in [6.07, 6.45) is 5.31. The molecule has 0 radical (unpaired) electrons. The van der Waals surface area contributed by atoms with Crippen molar-refractivity contribution in [3.63, 3.8) is 0 Å². The van der Waals surface area contributed by atoms with Crippen molar-refractivity contribution >= 4 is 15.8 Å². The van der Waals surface area contributed by atoms with E-state index in [4.69, 9.17) is 0 Å². The Morgan fingerprint density at radius 1 is 0.639 bits per heavy atom. The Balaban J connectivity index is 2.16. The van der Waals surface area contributed by atoms with Crippen LogP contribution >= 0.6 is 15.8 Å². The Morgan fingerprint density at radius 2 is 1.03 bits per heavy atom. The first-order valence-corrected chi connectivity index (χ1v) is 17.7. The van der Waals surface area contributed by atoms with Gasteiger partial charge in [-0.15, -0.1) is 0 Å². The van der Waals surface area contributed by atoms with Gasteiger partial charge in [-0.1, -0.05) is 111 Å². The summed E-state index contributed by atoms with van der Waals surface area (Å²) >= 11 is 0. The molecule has 0 saturated carbocycles. The van der Waals surface area contributed by atoms with Crippen LogP contribution in [0.4, 0.5) is 0 Å². The number of nitrogens with one attached hydrogen (secondary N) is 2. The molecule has 2 saturated heterocycles. The van der Waals surface area contributed by atoms with Crippen LogP contribution in [0.2, 0.25) is 0 Å². The van der Waals surface area contributed by atoms with Gasteiger partial charge in [0.25, 0.3) is 0 Å². The quantitative estimate of drug-likeness (QED) is 0.359. The third kappa shape index (κ3) is 7.56. The van der Waals surface area contributed by atoms with E-state index in [2.05, 4.69) is 106 Å². The van der Waals surface area contributed by atoms with Gasteiger partial charge < -0.3 is 10.6 Å². The van der Waals surface area contributed by atoms with E-state index >= 15 is 0 Å². The second-order valence-electron chi connectivity index (χ2n) is 15.6. The van der Waals surface area contributed by atoms with Crippen molar-refractivity contribution in [1.29, 1.82) is 0 Å². The zero-order chi connectivity index (χ0) is 27.1. The summed E-state index contributed by atoms with van der Waals surface area (Å²) in [6, 6.07) is 5.39. The average molecular weight is 533 g/mol. The highest BCUT2D eigenvalue weighted by atomic mass is 31.1. The van der Waals surface area contributed by atoms with Crippen molar-refractivity contribution < 1.29 is 0 Å². The van der Waals surface area contributed by atoms with Crippen LogP contribution in [-0.2, 0) is 23.2 Å². The largest absolute Gasteiger partial charge is 0.316 e. The standard InChI is InChI=1S/C32H58N2P2/c1-29(2,3)27-17-23(21-35(25-13-15-33-19-25)26-14-16-34-20-26)24(18-28(27)30(4,5)6)22-36(31(7,8)9)32(10,11)12/h17-18,25-26,33-34H,13-16,19-22H2,1-12H3. The van der Waals surface area contributed by atoms with E-state index in [1.807, 2.05) is 0 Å². The lowest BCUT2D eigenvalue weighted by molar-refractivity contribution is 0.529. The van der Waals surface area contributed by atoms with Crippen LogP contribution in [0.3, 0.4) is 0 Å². The molecule has 2 aliphatic rings. The van der Waals surface area contributed by atoms with E-state index in [1.165, 1.54) is 51.3 Å². The van der Waals surface area contributed by atoms with Gasteiger partial charge in [0.2, 0.25) is 0 Å². The maximum atomic E-state index is 3.71. The van der Waals surface area contributed by atoms with Crippen LogP contribution in [0.25, 0.3) is 0 Å². The highest BCUT2D eigenvalue weighted by Gasteiger charge is 2.37. The minimum atomic E-state index is -0.184. The molecule has 2 N–H and O–H groups in total. The minimum Gasteiger partial charge on any atom is -0.316 e. The SMILES string of the molecule is CC(C)(C)c1cc(CP(C2CCNC2)C2CCNC2)c(CP(C(C)(C)C)C(C)(C)C)cc1C(C)(C)C. The molecular weight excluding hydrogens is 474 g/mol. The van der Waals surface area contributed by atoms with Gasteiger partial charge in [0.15, 0.2) is 0 Å². The predicted octanol–water partition coefficient (Wildman–Crippen LogP) is 8.57. The molecule has 2 heterocycles. The fourth-order valence-electron chi connectivity index (χ4n) is 6.47. The van der Waals surface area contributed by atoms with E-state index in [1.54, 1.807) is 22.3 Å². The first kappa shape index (κ1) is 30.5. The molecule has 3 rings (SSSR count). The third-order valence-electron chi connectivity index (χ3n) is 8.26. The lowest BCUT2D eigenvalue weighted by Gasteiger charge is -2.43. The first-order chi connectivity index (χ1) is 16.4. The van der Waals surface area contributed by atoms with Gasteiger partial charge in [0.05, 0.1) is 0 Å². The number of hydrogen-bond acceptors (Lipinski definition) is 2. The minimum absolute atomic E-state index is 0.0404. The van der Waals surface area contributed by atoms with E-state index in [9.17, 15) is 0 Å². The molecule has 2 fully saturated rings. The van der Waals surface area contributed by atoms with Crippen molar-refractivity contribution in [3.8, 4) is 0 Å². The molecule has 2 nitrogen and oxygen atoms in total. The monoisotopic (exact) mass is 532 g/mol. The highest BCUT2D eigenvalue weighted by molar-refractivity contribution is 7.60. The first-order valence-electron chi connectivity index (χ1n) is 14.5. The van der Waals surface area contributed by atoms with Crippen LogP contribution in [0.1, 0.15) is 118 Å². The van der Waals surface area contributed by atoms with Crippen molar-refractivity contribution in [2.75, 3.05) is 26.2 Å². The summed E-state index contributed by atoms with van der Waals surface area (Å²) in [6.45, 7) is 34.3. The van der Waals surface area contributed by atoms with Gasteiger partial charge in [0.1, 0.15) is 0 Å². The van der Waals surface area contributed by atoms with Crippen LogP contribution in [-0.4, -0.2) is 47.8 Å². The van der Waals surface area contributed by atoms with Crippen molar-refractivity contribution in [1.82, 2.24) is 10.6 Å². The van der Waals surface area contributed by atoms with Gasteiger partial charge in [-0.25, -0.2) is 0 Å². The lowest BCUT2D eigenvalue weighted by atomic mass is 9.74. The van der Waals surface area contributed by atoms with Gasteiger partial charge in [-0.05, 0) is 93.0 Å². The second-order valence-corrected chi connectivity index (χ2v) is 22.2. The normalized spacial score (nSPS) is 23.0. The maximum Gasteiger partial charge on any atom is 0.00196 e. The zero-order valence-electron chi connectivity index (χ0n) is 25.9. The Labute approximate surface area is 227 Å². The third-order valence-corrected chi connectivity index (χ3v) is 15.6. The molecule has 36 heavy (non-hydrogen) atoms. The van der Waals surface area contributed by atoms with Gasteiger partial charge >= 0.3 is 0 Å². The summed E-state index contributed by atoms with van der Waals surface area (Å²) in [7, 11) is -0.225. The van der Waals surface area contributed by atoms with Gasteiger partial charge in [0, 0.05) is 13.1 Å². The van der Waals surface area contributed by atoms with E-state index in [0.717, 1.165) is 11.3 Å². The molecule has 0 aromatic heterocycles. The summed E-state index contributed by atoms with van der Waals surface area (Å²) in [5, 5.41) is 8.10. The molecule has 1 aromatic carbocycles. The number of benzene rings is 1. The fraction of sp³-hybridized carbons (Fsp3) is 0.812. The molecule has 2 unspecified atom stereocenters. The molecule has 0 aliphatic carbocycles. The Kier molecular flexibility index (Phi) is 9.53. The summed E-state index contributed by atoms with van der Waals surface area (Å²) < 4.78 is 0. The molecule has 4 heteroatoms. The molecule has 206 valence electrons. The fourth-order valence-corrected chi connectivity index (χ4v) is 13.5. The molecule has 0 bridgehead atoms. The van der Waals surface area contributed by atoms with Gasteiger partial charge in [-0.3, -0.25) is 0 Å². The van der Waals surface area contributed by atoms with Crippen LogP contribution < -0.4 is 10.6 Å². The van der Waals surface area contributed by atoms with Crippen molar-refractivity contribution in [2.24, 2.45) is 0 Å². The van der Waals surface area contributed by atoms with Crippen LogP contribution in [0.15, 0.2) is 12.1 Å². The van der Waals surface area contributed by atoms with Gasteiger partial charge in [-0.2, -0.15) is 0 Å². The second kappa shape index (κ2) is 11.2. The topological polar surface area (TPSA) is 24.1 Å². The Hall–Kier alpha value is -0.0000000000000000555. The summed E-state index contributed by atoms with van der Waals surface area (Å²) in [5.41, 5.74) is 8.58. The molecule has 2 atom stereocenters. The summed E-state index contributed by atoms with van der Waals surface area (Å²) in [5.74, 6) is 0. The Morgan fingerprint density at radius 3 is 1.33 bits per heavy atom. The molecule has 1 aromatic rings. The molecule has 0 amide bonds. The number of rotatable bonds is 6. The molecule has 2 aliphatic heterocycles. The molecular formula is C32H58N2P2. The van der Waals surface area contributed by atoms with E-state index in [-0.39, 0.29) is 26.7 Å².